The maximum absolute atomic E-state index is 13.9. The molecule has 0 spiro atoms. The van der Waals surface area contributed by atoms with E-state index in [4.69, 9.17) is 0 Å². The molecule has 4 fully saturated rings. The molecule has 0 bridgehead atoms. The molecule has 0 aromatic heterocycles. The zero-order valence-electron chi connectivity index (χ0n) is 36.5. The molecule has 12 heteroatoms. The van der Waals surface area contributed by atoms with Gasteiger partial charge in [-0.25, -0.2) is 13.1 Å². The summed E-state index contributed by atoms with van der Waals surface area (Å²) in [6.07, 6.45) is 16.4. The number of hydrogen-bond donors (Lipinski definition) is 3. The molecule has 11 nitrogen and oxygen atoms in total. The Labute approximate surface area is 369 Å². The Kier molecular flexibility index (Phi) is 15.9. The van der Waals surface area contributed by atoms with Crippen molar-refractivity contribution in [3.05, 3.63) is 107 Å². The average molecular weight is 866 g/mol. The van der Waals surface area contributed by atoms with Gasteiger partial charge in [-0.3, -0.25) is 19.2 Å². The molecule has 0 radical (unpaired) electrons. The van der Waals surface area contributed by atoms with Crippen molar-refractivity contribution in [2.45, 2.75) is 133 Å². The van der Waals surface area contributed by atoms with Crippen LogP contribution in [0.5, 0.6) is 0 Å². The summed E-state index contributed by atoms with van der Waals surface area (Å²) >= 11 is 0. The first-order valence-electron chi connectivity index (χ1n) is 23.5. The molecular formula is C50H67N5O6S. The fourth-order valence-corrected chi connectivity index (χ4v) is 10.9. The van der Waals surface area contributed by atoms with E-state index in [-0.39, 0.29) is 79.0 Å². The largest absolute Gasteiger partial charge is 0.352 e. The van der Waals surface area contributed by atoms with Crippen molar-refractivity contribution in [3.8, 4) is 0 Å². The fourth-order valence-electron chi connectivity index (χ4n) is 9.53. The molecule has 2 aliphatic carbocycles. The minimum Gasteiger partial charge on any atom is -0.352 e. The Morgan fingerprint density at radius 1 is 0.565 bits per heavy atom. The summed E-state index contributed by atoms with van der Waals surface area (Å²) in [6.45, 7) is 3.19. The number of amides is 4. The Morgan fingerprint density at radius 2 is 1.00 bits per heavy atom. The number of carbonyl (C=O) groups is 4. The van der Waals surface area contributed by atoms with E-state index in [0.717, 1.165) is 32.1 Å². The summed E-state index contributed by atoms with van der Waals surface area (Å²) in [7, 11) is -3.45. The second kappa shape index (κ2) is 21.7. The Morgan fingerprint density at radius 3 is 1.47 bits per heavy atom. The average Bonchev–Trinajstić information content (AvgIpc) is 4.12. The molecule has 2 unspecified atom stereocenters. The number of carbonyl (C=O) groups excluding carboxylic acids is 4. The van der Waals surface area contributed by atoms with Crippen LogP contribution in [0.4, 0.5) is 0 Å². The highest BCUT2D eigenvalue weighted by molar-refractivity contribution is 7.89. The number of likely N-dealkylation sites (tertiary alicyclic amines) is 2. The van der Waals surface area contributed by atoms with E-state index >= 15 is 0 Å². The van der Waals surface area contributed by atoms with E-state index in [1.54, 1.807) is 34.1 Å². The monoisotopic (exact) mass is 865 g/mol. The molecule has 4 amide bonds. The summed E-state index contributed by atoms with van der Waals surface area (Å²) in [5.41, 5.74) is 3.12. The van der Waals surface area contributed by atoms with E-state index in [1.165, 1.54) is 62.5 Å². The van der Waals surface area contributed by atoms with Crippen molar-refractivity contribution in [2.24, 2.45) is 11.8 Å². The standard InChI is InChI=1S/C50H67N5O6S/c1-2-3-4-5-6-7-8-9-10-11-12-19-30-62(60,61)53-40-28-29-54(33-40)49(58)38-24-26-39(27-25-38)50(59)55-34-43(47(56)51-45-31-41(45)36-20-15-13-16-21-36)44(35-55)48(57)52-46-32-42(46)37-22-17-14-18-23-37/h13-18,20-27,40-46,53H,2-12,19,28-35H2,1H3,(H,51,56)(H,52,57)/t40-,41-,42-,43?,44?,45+,46+/m1/s1. The normalized spacial score (nSPS) is 24.2. The summed E-state index contributed by atoms with van der Waals surface area (Å²) < 4.78 is 28.6. The number of hydrogen-bond acceptors (Lipinski definition) is 6. The van der Waals surface area contributed by atoms with Gasteiger partial charge in [0.05, 0.1) is 17.6 Å². The summed E-state index contributed by atoms with van der Waals surface area (Å²) in [5.74, 6) is -1.78. The quantitative estimate of drug-likeness (QED) is 0.0840. The second-order valence-electron chi connectivity index (χ2n) is 18.3. The first kappa shape index (κ1) is 45.5. The maximum atomic E-state index is 13.9. The van der Waals surface area contributed by atoms with Gasteiger partial charge in [-0.15, -0.1) is 0 Å². The van der Waals surface area contributed by atoms with E-state index in [1.807, 2.05) is 36.4 Å². The van der Waals surface area contributed by atoms with Gasteiger partial charge in [0.25, 0.3) is 11.8 Å². The van der Waals surface area contributed by atoms with Gasteiger partial charge in [-0.1, -0.05) is 138 Å². The van der Waals surface area contributed by atoms with Gasteiger partial charge in [0.1, 0.15) is 0 Å². The van der Waals surface area contributed by atoms with E-state index in [2.05, 4.69) is 46.5 Å². The van der Waals surface area contributed by atoms with Crippen LogP contribution in [0.1, 0.15) is 147 Å². The molecule has 7 rings (SSSR count). The summed E-state index contributed by atoms with van der Waals surface area (Å²) in [5, 5.41) is 6.37. The predicted octanol–water partition coefficient (Wildman–Crippen LogP) is 7.55. The van der Waals surface area contributed by atoms with E-state index < -0.39 is 21.9 Å². The molecule has 334 valence electrons. The number of unbranched alkanes of at least 4 members (excludes halogenated alkanes) is 11. The number of benzene rings is 3. The highest BCUT2D eigenvalue weighted by atomic mass is 32.2. The molecule has 2 saturated carbocycles. The Bertz CT molecular complexity index is 1990. The van der Waals surface area contributed by atoms with Gasteiger partial charge >= 0.3 is 0 Å². The second-order valence-corrected chi connectivity index (χ2v) is 20.2. The molecule has 2 aliphatic heterocycles. The summed E-state index contributed by atoms with van der Waals surface area (Å²) in [6, 6.07) is 26.3. The minimum atomic E-state index is -3.45. The smallest absolute Gasteiger partial charge is 0.253 e. The van der Waals surface area contributed by atoms with Gasteiger partial charge < -0.3 is 20.4 Å². The van der Waals surface area contributed by atoms with Crippen LogP contribution in [0.25, 0.3) is 0 Å². The third kappa shape index (κ3) is 12.6. The third-order valence-corrected chi connectivity index (χ3v) is 15.0. The highest BCUT2D eigenvalue weighted by Crippen LogP contribution is 2.42. The van der Waals surface area contributed by atoms with Crippen LogP contribution in [0.15, 0.2) is 84.9 Å². The zero-order chi connectivity index (χ0) is 43.5. The molecule has 3 N–H and O–H groups in total. The van der Waals surface area contributed by atoms with Gasteiger partial charge in [0.2, 0.25) is 21.8 Å². The van der Waals surface area contributed by atoms with Crippen LogP contribution >= 0.6 is 0 Å². The lowest BCUT2D eigenvalue weighted by Gasteiger charge is -2.19. The molecule has 3 aromatic rings. The van der Waals surface area contributed by atoms with Crippen molar-refractivity contribution in [1.82, 2.24) is 25.2 Å². The number of rotatable bonds is 23. The van der Waals surface area contributed by atoms with Gasteiger partial charge in [0.15, 0.2) is 0 Å². The highest BCUT2D eigenvalue weighted by Gasteiger charge is 2.49. The van der Waals surface area contributed by atoms with Crippen LogP contribution in [0, 0.1) is 11.8 Å². The van der Waals surface area contributed by atoms with Crippen LogP contribution in [-0.2, 0) is 19.6 Å². The van der Waals surface area contributed by atoms with Gasteiger partial charge in [0, 0.05) is 67.3 Å². The lowest BCUT2D eigenvalue weighted by Crippen LogP contribution is -2.43. The van der Waals surface area contributed by atoms with E-state index in [0.29, 0.717) is 30.5 Å². The minimum absolute atomic E-state index is 0.00975. The molecule has 3 aromatic carbocycles. The van der Waals surface area contributed by atoms with Crippen molar-refractivity contribution in [3.63, 3.8) is 0 Å². The Hall–Kier alpha value is -4.55. The zero-order valence-corrected chi connectivity index (χ0v) is 37.3. The van der Waals surface area contributed by atoms with E-state index in [9.17, 15) is 27.6 Å². The Balaban J connectivity index is 0.873. The van der Waals surface area contributed by atoms with Crippen LogP contribution in [0.2, 0.25) is 0 Å². The molecule has 4 aliphatic rings. The van der Waals surface area contributed by atoms with Crippen LogP contribution in [-0.4, -0.2) is 91.9 Å². The molecular weight excluding hydrogens is 799 g/mol. The van der Waals surface area contributed by atoms with Crippen molar-refractivity contribution < 1.29 is 27.6 Å². The molecule has 62 heavy (non-hydrogen) atoms. The first-order chi connectivity index (χ1) is 30.1. The van der Waals surface area contributed by atoms with Crippen molar-refractivity contribution in [2.75, 3.05) is 31.9 Å². The predicted molar refractivity (Wildman–Crippen MR) is 243 cm³/mol. The van der Waals surface area contributed by atoms with Crippen LogP contribution in [0.3, 0.4) is 0 Å². The molecule has 2 saturated heterocycles. The molecule has 7 atom stereocenters. The number of nitrogens with one attached hydrogen (secondary N) is 3. The lowest BCUT2D eigenvalue weighted by atomic mass is 9.94. The van der Waals surface area contributed by atoms with Gasteiger partial charge in [-0.2, -0.15) is 0 Å². The SMILES string of the molecule is CCCCCCCCCCCCCCS(=O)(=O)N[C@@H]1CCN(C(=O)c2ccc(C(=O)N3CC(C(=O)N[C@H]4C[C@@H]4c4ccccc4)C(C(=O)N[C@H]4C[C@@H]4c4ccccc4)C3)cc2)C1. The summed E-state index contributed by atoms with van der Waals surface area (Å²) in [4.78, 5) is 58.4. The fraction of sp³-hybridized carbons (Fsp3) is 0.560. The van der Waals surface area contributed by atoms with Gasteiger partial charge in [-0.05, 0) is 61.1 Å². The van der Waals surface area contributed by atoms with Crippen LogP contribution < -0.4 is 15.4 Å². The molecule has 2 heterocycles. The third-order valence-electron chi connectivity index (χ3n) is 13.4. The maximum Gasteiger partial charge on any atom is 0.253 e. The first-order valence-corrected chi connectivity index (χ1v) is 25.1. The van der Waals surface area contributed by atoms with Crippen molar-refractivity contribution >= 4 is 33.7 Å². The number of nitrogens with zero attached hydrogens (tertiary/aromatic N) is 2. The number of sulfonamides is 1. The lowest BCUT2D eigenvalue weighted by molar-refractivity contribution is -0.133. The van der Waals surface area contributed by atoms with Crippen molar-refractivity contribution in [1.29, 1.82) is 0 Å². The topological polar surface area (TPSA) is 145 Å².